The third-order valence-electron chi connectivity index (χ3n) is 5.40. The van der Waals surface area contributed by atoms with Crippen molar-refractivity contribution < 1.29 is 9.47 Å². The van der Waals surface area contributed by atoms with E-state index in [9.17, 15) is 0 Å². The van der Waals surface area contributed by atoms with Crippen LogP contribution >= 0.6 is 0 Å². The molecule has 1 aliphatic heterocycles. The molecular weight excluding hydrogens is 350 g/mol. The highest BCUT2D eigenvalue weighted by Gasteiger charge is 2.29. The van der Waals surface area contributed by atoms with Crippen LogP contribution in [0.1, 0.15) is 28.4 Å². The van der Waals surface area contributed by atoms with Crippen LogP contribution in [0.4, 0.5) is 0 Å². The Morgan fingerprint density at radius 1 is 1.11 bits per heavy atom. The highest BCUT2D eigenvalue weighted by atomic mass is 16.5. The molecule has 0 saturated heterocycles. The van der Waals surface area contributed by atoms with Crippen molar-refractivity contribution in [1.29, 1.82) is 0 Å². The Bertz CT molecular complexity index is 921. The van der Waals surface area contributed by atoms with Gasteiger partial charge >= 0.3 is 0 Å². The Kier molecular flexibility index (Phi) is 5.74. The van der Waals surface area contributed by atoms with Gasteiger partial charge in [0.25, 0.3) is 0 Å². The maximum absolute atomic E-state index is 5.39. The number of imidazole rings is 1. The molecule has 1 atom stereocenters. The molecule has 0 fully saturated rings. The lowest BCUT2D eigenvalue weighted by molar-refractivity contribution is 0.184. The van der Waals surface area contributed by atoms with Crippen molar-refractivity contribution in [2.75, 3.05) is 27.4 Å². The van der Waals surface area contributed by atoms with Gasteiger partial charge in [-0.2, -0.15) is 0 Å². The molecule has 1 aliphatic rings. The number of rotatable bonds is 7. The third kappa shape index (κ3) is 3.96. The van der Waals surface area contributed by atoms with Crippen LogP contribution < -0.4 is 4.74 Å². The average Bonchev–Trinajstić information content (AvgIpc) is 3.20. The van der Waals surface area contributed by atoms with Crippen LogP contribution in [0.15, 0.2) is 60.9 Å². The highest BCUT2D eigenvalue weighted by Crippen LogP contribution is 2.33. The minimum Gasteiger partial charge on any atom is -0.497 e. The summed E-state index contributed by atoms with van der Waals surface area (Å²) >= 11 is 0. The van der Waals surface area contributed by atoms with Gasteiger partial charge in [-0.05, 0) is 28.8 Å². The first-order valence-electron chi connectivity index (χ1n) is 9.71. The van der Waals surface area contributed by atoms with E-state index in [2.05, 4.69) is 58.1 Å². The number of hydrogen-bond acceptors (Lipinski definition) is 4. The van der Waals surface area contributed by atoms with Gasteiger partial charge < -0.3 is 14.0 Å². The monoisotopic (exact) mass is 377 g/mol. The Balaban J connectivity index is 1.62. The molecule has 3 aromatic rings. The van der Waals surface area contributed by atoms with E-state index in [1.807, 2.05) is 12.3 Å². The van der Waals surface area contributed by atoms with Crippen molar-refractivity contribution in [3.8, 4) is 5.75 Å². The zero-order valence-electron chi connectivity index (χ0n) is 16.5. The number of benzene rings is 2. The van der Waals surface area contributed by atoms with Crippen LogP contribution in [0.2, 0.25) is 0 Å². The number of nitrogens with zero attached hydrogens (tertiary/aromatic N) is 3. The third-order valence-corrected chi connectivity index (χ3v) is 5.40. The maximum Gasteiger partial charge on any atom is 0.119 e. The quantitative estimate of drug-likeness (QED) is 0.630. The van der Waals surface area contributed by atoms with Crippen molar-refractivity contribution in [1.82, 2.24) is 14.5 Å². The van der Waals surface area contributed by atoms with E-state index >= 15 is 0 Å². The molecule has 28 heavy (non-hydrogen) atoms. The molecule has 2 heterocycles. The first-order chi connectivity index (χ1) is 13.8. The molecule has 0 N–H and O–H groups in total. The Morgan fingerprint density at radius 3 is 2.86 bits per heavy atom. The molecule has 5 heteroatoms. The molecule has 0 amide bonds. The van der Waals surface area contributed by atoms with Gasteiger partial charge in [0.15, 0.2) is 0 Å². The van der Waals surface area contributed by atoms with Gasteiger partial charge in [0.2, 0.25) is 0 Å². The molecule has 1 aromatic heterocycles. The zero-order valence-corrected chi connectivity index (χ0v) is 16.5. The number of ether oxygens (including phenoxy) is 2. The Labute approximate surface area is 166 Å². The second-order valence-corrected chi connectivity index (χ2v) is 7.24. The van der Waals surface area contributed by atoms with Gasteiger partial charge in [0.1, 0.15) is 11.6 Å². The van der Waals surface area contributed by atoms with Crippen molar-refractivity contribution >= 4 is 0 Å². The summed E-state index contributed by atoms with van der Waals surface area (Å²) in [5, 5.41) is 0. The summed E-state index contributed by atoms with van der Waals surface area (Å²) in [6.07, 6.45) is 3.95. The normalized spacial score (nSPS) is 16.7. The van der Waals surface area contributed by atoms with Crippen LogP contribution in [-0.4, -0.2) is 41.8 Å². The van der Waals surface area contributed by atoms with Gasteiger partial charge in [0, 0.05) is 45.7 Å². The first kappa shape index (κ1) is 18.7. The fourth-order valence-corrected chi connectivity index (χ4v) is 4.06. The van der Waals surface area contributed by atoms with Crippen LogP contribution in [0.3, 0.4) is 0 Å². The predicted molar refractivity (Wildman–Crippen MR) is 109 cm³/mol. The molecule has 146 valence electrons. The zero-order chi connectivity index (χ0) is 19.3. The number of hydrogen-bond donors (Lipinski definition) is 0. The minimum absolute atomic E-state index is 0.252. The van der Waals surface area contributed by atoms with E-state index in [-0.39, 0.29) is 5.92 Å². The number of aromatic nitrogens is 2. The van der Waals surface area contributed by atoms with Gasteiger partial charge in [-0.15, -0.1) is 0 Å². The van der Waals surface area contributed by atoms with Crippen LogP contribution in [0, 0.1) is 0 Å². The summed E-state index contributed by atoms with van der Waals surface area (Å²) in [7, 11) is 3.45. The summed E-state index contributed by atoms with van der Waals surface area (Å²) in [5.74, 6) is 2.27. The van der Waals surface area contributed by atoms with Crippen molar-refractivity contribution in [2.24, 2.45) is 0 Å². The molecule has 0 radical (unpaired) electrons. The van der Waals surface area contributed by atoms with Gasteiger partial charge in [-0.3, -0.25) is 4.90 Å². The summed E-state index contributed by atoms with van der Waals surface area (Å²) in [5.41, 5.74) is 4.03. The van der Waals surface area contributed by atoms with Gasteiger partial charge in [-0.25, -0.2) is 4.98 Å². The van der Waals surface area contributed by atoms with Crippen LogP contribution in [0.25, 0.3) is 0 Å². The summed E-state index contributed by atoms with van der Waals surface area (Å²) < 4.78 is 12.9. The fraction of sp³-hybridized carbons (Fsp3) is 0.348. The standard InChI is InChI=1S/C23H27N3O2/c1-27-13-12-26-11-10-24-23(26)22-17-25(16-19-7-3-4-9-21(19)22)15-18-6-5-8-20(14-18)28-2/h3-11,14,22H,12-13,15-17H2,1-2H3/t22-/m0/s1. The SMILES string of the molecule is COCCn1ccnc1[C@H]1CN(Cc2cccc(OC)c2)Cc2ccccc21. The second-order valence-electron chi connectivity index (χ2n) is 7.24. The molecule has 0 unspecified atom stereocenters. The summed E-state index contributed by atoms with van der Waals surface area (Å²) in [6, 6.07) is 17.1. The first-order valence-corrected chi connectivity index (χ1v) is 9.71. The number of methoxy groups -OCH3 is 2. The van der Waals surface area contributed by atoms with Gasteiger partial charge in [0.05, 0.1) is 19.6 Å². The van der Waals surface area contributed by atoms with Crippen LogP contribution in [-0.2, 0) is 24.4 Å². The molecular formula is C23H27N3O2. The predicted octanol–water partition coefficient (Wildman–Crippen LogP) is 3.69. The Morgan fingerprint density at radius 2 is 2.00 bits per heavy atom. The molecule has 0 saturated carbocycles. The largest absolute Gasteiger partial charge is 0.497 e. The molecule has 0 spiro atoms. The van der Waals surface area contributed by atoms with E-state index in [4.69, 9.17) is 14.5 Å². The maximum atomic E-state index is 5.39. The van der Waals surface area contributed by atoms with Gasteiger partial charge in [-0.1, -0.05) is 36.4 Å². The molecule has 5 nitrogen and oxygen atoms in total. The topological polar surface area (TPSA) is 39.5 Å². The average molecular weight is 377 g/mol. The molecule has 0 aliphatic carbocycles. The van der Waals surface area contributed by atoms with Crippen molar-refractivity contribution in [2.45, 2.75) is 25.6 Å². The second kappa shape index (κ2) is 8.59. The fourth-order valence-electron chi connectivity index (χ4n) is 4.06. The van der Waals surface area contributed by atoms with Crippen LogP contribution in [0.5, 0.6) is 5.75 Å². The lowest BCUT2D eigenvalue weighted by Crippen LogP contribution is -2.35. The van der Waals surface area contributed by atoms with E-state index in [0.717, 1.165) is 37.8 Å². The molecule has 2 aromatic carbocycles. The minimum atomic E-state index is 0.252. The highest BCUT2D eigenvalue weighted by molar-refractivity contribution is 5.37. The lowest BCUT2D eigenvalue weighted by atomic mass is 9.88. The van der Waals surface area contributed by atoms with E-state index in [1.54, 1.807) is 14.2 Å². The van der Waals surface area contributed by atoms with E-state index in [0.29, 0.717) is 6.61 Å². The van der Waals surface area contributed by atoms with E-state index in [1.165, 1.54) is 16.7 Å². The molecule has 4 rings (SSSR count). The summed E-state index contributed by atoms with van der Waals surface area (Å²) in [6.45, 7) is 4.29. The Hall–Kier alpha value is -2.63. The van der Waals surface area contributed by atoms with Crippen molar-refractivity contribution in [3.05, 3.63) is 83.4 Å². The summed E-state index contributed by atoms with van der Waals surface area (Å²) in [4.78, 5) is 7.22. The smallest absolute Gasteiger partial charge is 0.119 e. The molecule has 0 bridgehead atoms. The number of fused-ring (bicyclic) bond motifs is 1. The van der Waals surface area contributed by atoms with Crippen molar-refractivity contribution in [3.63, 3.8) is 0 Å². The van der Waals surface area contributed by atoms with E-state index < -0.39 is 0 Å². The lowest BCUT2D eigenvalue weighted by Gasteiger charge is -2.34.